The van der Waals surface area contributed by atoms with Gasteiger partial charge in [0.1, 0.15) is 18.1 Å². The number of aryl methyl sites for hydroxylation is 1. The Morgan fingerprint density at radius 1 is 1.15 bits per heavy atom. The quantitative estimate of drug-likeness (QED) is 0.783. The molecule has 0 aliphatic heterocycles. The molecule has 0 saturated carbocycles. The largest absolute Gasteiger partial charge is 0.508 e. The topological polar surface area (TPSA) is 42.4 Å². The molecule has 0 aliphatic carbocycles. The zero-order valence-corrected chi connectivity index (χ0v) is 12.0. The molecule has 3 aromatic rings. The maximum atomic E-state index is 9.51. The number of phenols is 1. The molecule has 102 valence electrons. The van der Waals surface area contributed by atoms with E-state index < -0.39 is 0 Å². The lowest BCUT2D eigenvalue weighted by atomic mass is 10.1. The minimum Gasteiger partial charge on any atom is -0.508 e. The SMILES string of the molecule is CCc1nc(COc2ccc3ccc(O)cc3c2)cs1. The number of aromatic hydroxyl groups is 1. The molecule has 1 heterocycles. The van der Waals surface area contributed by atoms with Crippen LogP contribution in [-0.4, -0.2) is 10.1 Å². The first kappa shape index (κ1) is 12.9. The summed E-state index contributed by atoms with van der Waals surface area (Å²) in [5, 5.41) is 14.7. The van der Waals surface area contributed by atoms with Gasteiger partial charge in [-0.2, -0.15) is 0 Å². The van der Waals surface area contributed by atoms with Crippen molar-refractivity contribution in [2.24, 2.45) is 0 Å². The molecule has 1 aromatic heterocycles. The normalized spacial score (nSPS) is 10.8. The van der Waals surface area contributed by atoms with Gasteiger partial charge in [-0.05, 0) is 41.5 Å². The summed E-state index contributed by atoms with van der Waals surface area (Å²) in [5.74, 6) is 1.05. The van der Waals surface area contributed by atoms with Crippen molar-refractivity contribution in [3.63, 3.8) is 0 Å². The molecule has 2 aromatic carbocycles. The Labute approximate surface area is 121 Å². The van der Waals surface area contributed by atoms with E-state index in [1.54, 1.807) is 23.5 Å². The number of phenolic OH excluding ortho intramolecular Hbond substituents is 1. The molecule has 0 fully saturated rings. The van der Waals surface area contributed by atoms with Crippen molar-refractivity contribution in [2.75, 3.05) is 0 Å². The van der Waals surface area contributed by atoms with Crippen LogP contribution in [0.4, 0.5) is 0 Å². The van der Waals surface area contributed by atoms with E-state index in [0.717, 1.165) is 33.6 Å². The second kappa shape index (κ2) is 5.51. The van der Waals surface area contributed by atoms with E-state index in [2.05, 4.69) is 11.9 Å². The van der Waals surface area contributed by atoms with Gasteiger partial charge < -0.3 is 9.84 Å². The molecule has 0 saturated heterocycles. The summed E-state index contributed by atoms with van der Waals surface area (Å²) in [6.45, 7) is 2.57. The molecular formula is C16H15NO2S. The Kier molecular flexibility index (Phi) is 3.56. The molecule has 0 bridgehead atoms. The highest BCUT2D eigenvalue weighted by molar-refractivity contribution is 7.09. The van der Waals surface area contributed by atoms with Gasteiger partial charge in [0, 0.05) is 5.38 Å². The van der Waals surface area contributed by atoms with Crippen molar-refractivity contribution in [3.8, 4) is 11.5 Å². The fraction of sp³-hybridized carbons (Fsp3) is 0.188. The number of ether oxygens (including phenoxy) is 1. The van der Waals surface area contributed by atoms with E-state index in [-0.39, 0.29) is 5.75 Å². The lowest BCUT2D eigenvalue weighted by Gasteiger charge is -2.06. The van der Waals surface area contributed by atoms with Gasteiger partial charge >= 0.3 is 0 Å². The van der Waals surface area contributed by atoms with Gasteiger partial charge in [-0.3, -0.25) is 0 Å². The smallest absolute Gasteiger partial charge is 0.131 e. The summed E-state index contributed by atoms with van der Waals surface area (Å²) >= 11 is 1.67. The van der Waals surface area contributed by atoms with Crippen LogP contribution in [0.3, 0.4) is 0 Å². The molecule has 0 amide bonds. The summed E-state index contributed by atoms with van der Waals surface area (Å²) in [5.41, 5.74) is 0.961. The fourth-order valence-corrected chi connectivity index (χ4v) is 2.77. The molecule has 3 nitrogen and oxygen atoms in total. The first-order valence-corrected chi connectivity index (χ1v) is 7.41. The number of rotatable bonds is 4. The summed E-state index contributed by atoms with van der Waals surface area (Å²) in [6.07, 6.45) is 0.958. The molecule has 0 atom stereocenters. The number of hydrogen-bond donors (Lipinski definition) is 1. The van der Waals surface area contributed by atoms with Gasteiger partial charge in [0.15, 0.2) is 0 Å². The van der Waals surface area contributed by atoms with E-state index >= 15 is 0 Å². The molecule has 3 rings (SSSR count). The van der Waals surface area contributed by atoms with E-state index in [4.69, 9.17) is 4.74 Å². The average Bonchev–Trinajstić information content (AvgIpc) is 2.92. The van der Waals surface area contributed by atoms with Crippen molar-refractivity contribution < 1.29 is 9.84 Å². The second-order valence-electron chi connectivity index (χ2n) is 4.57. The third-order valence-corrected chi connectivity index (χ3v) is 4.13. The van der Waals surface area contributed by atoms with Gasteiger partial charge in [0.05, 0.1) is 10.7 Å². The van der Waals surface area contributed by atoms with Crippen LogP contribution in [0.25, 0.3) is 10.8 Å². The van der Waals surface area contributed by atoms with Crippen molar-refractivity contribution in [2.45, 2.75) is 20.0 Å². The Balaban J connectivity index is 1.76. The van der Waals surface area contributed by atoms with Crippen LogP contribution in [0.2, 0.25) is 0 Å². The maximum absolute atomic E-state index is 9.51. The number of fused-ring (bicyclic) bond motifs is 1. The van der Waals surface area contributed by atoms with Gasteiger partial charge in [-0.15, -0.1) is 11.3 Å². The molecule has 4 heteroatoms. The van der Waals surface area contributed by atoms with Crippen LogP contribution in [-0.2, 0) is 13.0 Å². The molecule has 0 aliphatic rings. The minimum atomic E-state index is 0.265. The van der Waals surface area contributed by atoms with Crippen LogP contribution in [0.1, 0.15) is 17.6 Å². The molecule has 0 radical (unpaired) electrons. The fourth-order valence-electron chi connectivity index (χ4n) is 2.04. The first-order valence-electron chi connectivity index (χ1n) is 6.53. The predicted molar refractivity (Wildman–Crippen MR) is 81.4 cm³/mol. The van der Waals surface area contributed by atoms with Gasteiger partial charge in [-0.1, -0.05) is 19.1 Å². The number of benzene rings is 2. The Bertz CT molecular complexity index is 736. The van der Waals surface area contributed by atoms with Crippen molar-refractivity contribution in [1.82, 2.24) is 4.98 Å². The predicted octanol–water partition coefficient (Wildman–Crippen LogP) is 4.14. The standard InChI is InChI=1S/C16H15NO2S/c1-2-16-17-13(10-20-16)9-19-15-6-4-11-3-5-14(18)7-12(11)8-15/h3-8,10,18H,2,9H2,1H3. The van der Waals surface area contributed by atoms with Crippen LogP contribution < -0.4 is 4.74 Å². The molecule has 20 heavy (non-hydrogen) atoms. The van der Waals surface area contributed by atoms with Crippen LogP contribution in [0, 0.1) is 0 Å². The highest BCUT2D eigenvalue weighted by atomic mass is 32.1. The summed E-state index contributed by atoms with van der Waals surface area (Å²) < 4.78 is 5.76. The zero-order chi connectivity index (χ0) is 13.9. The maximum Gasteiger partial charge on any atom is 0.131 e. The molecule has 0 unspecified atom stereocenters. The molecule has 1 N–H and O–H groups in total. The lowest BCUT2D eigenvalue weighted by Crippen LogP contribution is -1.96. The molecule has 0 spiro atoms. The van der Waals surface area contributed by atoms with Crippen LogP contribution in [0.15, 0.2) is 41.8 Å². The van der Waals surface area contributed by atoms with Crippen molar-refractivity contribution in [1.29, 1.82) is 0 Å². The number of aromatic nitrogens is 1. The van der Waals surface area contributed by atoms with E-state index in [0.29, 0.717) is 6.61 Å². The number of thiazole rings is 1. The van der Waals surface area contributed by atoms with Gasteiger partial charge in [0.25, 0.3) is 0 Å². The third-order valence-electron chi connectivity index (χ3n) is 3.08. The highest BCUT2D eigenvalue weighted by Gasteiger charge is 2.03. The highest BCUT2D eigenvalue weighted by Crippen LogP contribution is 2.25. The van der Waals surface area contributed by atoms with E-state index in [9.17, 15) is 5.11 Å². The average molecular weight is 285 g/mol. The Hall–Kier alpha value is -2.07. The summed E-state index contributed by atoms with van der Waals surface area (Å²) in [4.78, 5) is 4.47. The van der Waals surface area contributed by atoms with Gasteiger partial charge in [-0.25, -0.2) is 4.98 Å². The number of hydrogen-bond acceptors (Lipinski definition) is 4. The van der Waals surface area contributed by atoms with Gasteiger partial charge in [0.2, 0.25) is 0 Å². The Morgan fingerprint density at radius 3 is 2.80 bits per heavy atom. The van der Waals surface area contributed by atoms with E-state index in [1.807, 2.05) is 29.6 Å². The number of nitrogens with zero attached hydrogens (tertiary/aromatic N) is 1. The second-order valence-corrected chi connectivity index (χ2v) is 5.51. The Morgan fingerprint density at radius 2 is 2.00 bits per heavy atom. The minimum absolute atomic E-state index is 0.265. The summed E-state index contributed by atoms with van der Waals surface area (Å²) in [7, 11) is 0. The van der Waals surface area contributed by atoms with Crippen LogP contribution in [0.5, 0.6) is 11.5 Å². The van der Waals surface area contributed by atoms with E-state index in [1.165, 1.54) is 0 Å². The lowest BCUT2D eigenvalue weighted by molar-refractivity contribution is 0.302. The van der Waals surface area contributed by atoms with Crippen LogP contribution >= 0.6 is 11.3 Å². The first-order chi connectivity index (χ1) is 9.74. The van der Waals surface area contributed by atoms with Crippen molar-refractivity contribution >= 4 is 22.1 Å². The summed E-state index contributed by atoms with van der Waals surface area (Å²) in [6, 6.07) is 11.2. The molecular weight excluding hydrogens is 270 g/mol. The zero-order valence-electron chi connectivity index (χ0n) is 11.2. The third kappa shape index (κ3) is 2.75. The monoisotopic (exact) mass is 285 g/mol. The van der Waals surface area contributed by atoms with Crippen molar-refractivity contribution in [3.05, 3.63) is 52.5 Å².